The van der Waals surface area contributed by atoms with Gasteiger partial charge < -0.3 is 14.8 Å². The predicted molar refractivity (Wildman–Crippen MR) is 92.1 cm³/mol. The zero-order chi connectivity index (χ0) is 15.9. The lowest BCUT2D eigenvalue weighted by atomic mass is 10.1. The fourth-order valence-corrected chi connectivity index (χ4v) is 2.30. The maximum absolute atomic E-state index is 5.78. The van der Waals surface area contributed by atoms with Crippen LogP contribution in [0.3, 0.4) is 0 Å². The van der Waals surface area contributed by atoms with Gasteiger partial charge >= 0.3 is 0 Å². The standard InChI is InChI=1S/C19H25NO2/c1-14(2)22-18-7-5-17(6-8-18)20-9-10-21-19-12-15(3)11-16(4)13-19/h5-8,11-14,20H,9-10H2,1-4H3. The molecule has 2 aromatic rings. The fraction of sp³-hybridized carbons (Fsp3) is 0.368. The van der Waals surface area contributed by atoms with E-state index in [0.29, 0.717) is 6.61 Å². The molecule has 0 bridgehead atoms. The zero-order valence-electron chi connectivity index (χ0n) is 13.8. The topological polar surface area (TPSA) is 30.5 Å². The molecule has 0 unspecified atom stereocenters. The van der Waals surface area contributed by atoms with E-state index in [9.17, 15) is 0 Å². The summed E-state index contributed by atoms with van der Waals surface area (Å²) in [5.74, 6) is 1.83. The van der Waals surface area contributed by atoms with E-state index < -0.39 is 0 Å². The van der Waals surface area contributed by atoms with Gasteiger partial charge in [-0.05, 0) is 75.2 Å². The lowest BCUT2D eigenvalue weighted by Crippen LogP contribution is -2.11. The summed E-state index contributed by atoms with van der Waals surface area (Å²) in [5, 5.41) is 3.34. The quantitative estimate of drug-likeness (QED) is 0.759. The Hall–Kier alpha value is -2.16. The summed E-state index contributed by atoms with van der Waals surface area (Å²) < 4.78 is 11.4. The third kappa shape index (κ3) is 5.32. The van der Waals surface area contributed by atoms with Gasteiger partial charge in [-0.25, -0.2) is 0 Å². The second-order valence-electron chi connectivity index (χ2n) is 5.79. The van der Waals surface area contributed by atoms with Crippen LogP contribution in [0, 0.1) is 13.8 Å². The van der Waals surface area contributed by atoms with Gasteiger partial charge in [0.1, 0.15) is 18.1 Å². The van der Waals surface area contributed by atoms with E-state index in [-0.39, 0.29) is 6.10 Å². The summed E-state index contributed by atoms with van der Waals surface area (Å²) in [7, 11) is 0. The summed E-state index contributed by atoms with van der Waals surface area (Å²) >= 11 is 0. The molecule has 0 fully saturated rings. The van der Waals surface area contributed by atoms with Gasteiger partial charge in [0, 0.05) is 12.2 Å². The highest BCUT2D eigenvalue weighted by molar-refractivity contribution is 5.46. The van der Waals surface area contributed by atoms with Crippen LogP contribution in [0.5, 0.6) is 11.5 Å². The highest BCUT2D eigenvalue weighted by Gasteiger charge is 1.99. The van der Waals surface area contributed by atoms with E-state index >= 15 is 0 Å². The Morgan fingerprint density at radius 3 is 2.14 bits per heavy atom. The van der Waals surface area contributed by atoms with Crippen LogP contribution >= 0.6 is 0 Å². The van der Waals surface area contributed by atoms with Gasteiger partial charge in [0.15, 0.2) is 0 Å². The van der Waals surface area contributed by atoms with E-state index in [4.69, 9.17) is 9.47 Å². The average Bonchev–Trinajstić information content (AvgIpc) is 2.44. The van der Waals surface area contributed by atoms with Gasteiger partial charge in [0.25, 0.3) is 0 Å². The highest BCUT2D eigenvalue weighted by atomic mass is 16.5. The van der Waals surface area contributed by atoms with Crippen molar-refractivity contribution >= 4 is 5.69 Å². The molecule has 22 heavy (non-hydrogen) atoms. The number of nitrogens with one attached hydrogen (secondary N) is 1. The SMILES string of the molecule is Cc1cc(C)cc(OCCNc2ccc(OC(C)C)cc2)c1. The van der Waals surface area contributed by atoms with Gasteiger partial charge in [0.05, 0.1) is 6.10 Å². The van der Waals surface area contributed by atoms with Crippen molar-refractivity contribution < 1.29 is 9.47 Å². The molecule has 2 rings (SSSR count). The molecule has 1 N–H and O–H groups in total. The molecule has 0 radical (unpaired) electrons. The molecular weight excluding hydrogens is 274 g/mol. The third-order valence-corrected chi connectivity index (χ3v) is 3.12. The Morgan fingerprint density at radius 1 is 0.909 bits per heavy atom. The third-order valence-electron chi connectivity index (χ3n) is 3.12. The van der Waals surface area contributed by atoms with Gasteiger partial charge in [-0.15, -0.1) is 0 Å². The summed E-state index contributed by atoms with van der Waals surface area (Å²) in [4.78, 5) is 0. The lowest BCUT2D eigenvalue weighted by Gasteiger charge is -2.12. The summed E-state index contributed by atoms with van der Waals surface area (Å²) in [6.07, 6.45) is 0.199. The van der Waals surface area contributed by atoms with Gasteiger partial charge in [-0.3, -0.25) is 0 Å². The molecule has 118 valence electrons. The first-order chi connectivity index (χ1) is 10.5. The maximum atomic E-state index is 5.78. The molecule has 0 aliphatic heterocycles. The van der Waals surface area contributed by atoms with E-state index in [1.807, 2.05) is 38.1 Å². The van der Waals surface area contributed by atoms with E-state index in [0.717, 1.165) is 23.7 Å². The summed E-state index contributed by atoms with van der Waals surface area (Å²) in [6, 6.07) is 14.3. The van der Waals surface area contributed by atoms with Crippen LogP contribution in [0.2, 0.25) is 0 Å². The van der Waals surface area contributed by atoms with Crippen LogP contribution in [0.1, 0.15) is 25.0 Å². The van der Waals surface area contributed by atoms with Crippen LogP contribution in [0.15, 0.2) is 42.5 Å². The van der Waals surface area contributed by atoms with Crippen molar-refractivity contribution in [1.82, 2.24) is 0 Å². The lowest BCUT2D eigenvalue weighted by molar-refractivity contribution is 0.242. The summed E-state index contributed by atoms with van der Waals surface area (Å²) in [5.41, 5.74) is 3.52. The normalized spacial score (nSPS) is 10.6. The first-order valence-corrected chi connectivity index (χ1v) is 7.74. The number of hydrogen-bond donors (Lipinski definition) is 1. The molecule has 0 aliphatic rings. The van der Waals surface area contributed by atoms with Crippen molar-refractivity contribution in [2.24, 2.45) is 0 Å². The molecule has 0 heterocycles. The Balaban J connectivity index is 1.76. The molecule has 0 aromatic heterocycles. The van der Waals surface area contributed by atoms with Crippen LogP contribution in [0.4, 0.5) is 5.69 Å². The summed E-state index contributed by atoms with van der Waals surface area (Å²) in [6.45, 7) is 9.61. The number of anilines is 1. The van der Waals surface area contributed by atoms with Crippen molar-refractivity contribution in [3.05, 3.63) is 53.6 Å². The molecule has 0 atom stereocenters. The van der Waals surface area contributed by atoms with Gasteiger partial charge in [-0.2, -0.15) is 0 Å². The number of rotatable bonds is 7. The minimum absolute atomic E-state index is 0.199. The monoisotopic (exact) mass is 299 g/mol. The highest BCUT2D eigenvalue weighted by Crippen LogP contribution is 2.18. The molecule has 0 amide bonds. The van der Waals surface area contributed by atoms with E-state index in [2.05, 4.69) is 37.4 Å². The Morgan fingerprint density at radius 2 is 1.55 bits per heavy atom. The molecule has 3 heteroatoms. The van der Waals surface area contributed by atoms with Crippen molar-refractivity contribution in [3.63, 3.8) is 0 Å². The van der Waals surface area contributed by atoms with Crippen molar-refractivity contribution in [1.29, 1.82) is 0 Å². The van der Waals surface area contributed by atoms with Gasteiger partial charge in [0.2, 0.25) is 0 Å². The largest absolute Gasteiger partial charge is 0.492 e. The molecule has 0 spiro atoms. The van der Waals surface area contributed by atoms with Gasteiger partial charge in [-0.1, -0.05) is 6.07 Å². The van der Waals surface area contributed by atoms with Crippen LogP contribution in [0.25, 0.3) is 0 Å². The first-order valence-electron chi connectivity index (χ1n) is 7.74. The predicted octanol–water partition coefficient (Wildman–Crippen LogP) is 4.58. The smallest absolute Gasteiger partial charge is 0.119 e. The minimum atomic E-state index is 0.199. The second-order valence-corrected chi connectivity index (χ2v) is 5.79. The Kier molecular flexibility index (Phi) is 5.70. The van der Waals surface area contributed by atoms with Crippen LogP contribution in [-0.4, -0.2) is 19.3 Å². The molecular formula is C19H25NO2. The maximum Gasteiger partial charge on any atom is 0.119 e. The minimum Gasteiger partial charge on any atom is -0.492 e. The molecule has 2 aromatic carbocycles. The number of benzene rings is 2. The van der Waals surface area contributed by atoms with Crippen LogP contribution < -0.4 is 14.8 Å². The average molecular weight is 299 g/mol. The molecule has 0 saturated carbocycles. The van der Waals surface area contributed by atoms with E-state index in [1.165, 1.54) is 11.1 Å². The Bertz CT molecular complexity index is 571. The molecule has 0 aliphatic carbocycles. The number of ether oxygens (including phenoxy) is 2. The Labute approximate surface area is 133 Å². The molecule has 0 saturated heterocycles. The van der Waals surface area contributed by atoms with Crippen molar-refractivity contribution in [2.75, 3.05) is 18.5 Å². The van der Waals surface area contributed by atoms with E-state index in [1.54, 1.807) is 0 Å². The van der Waals surface area contributed by atoms with Crippen molar-refractivity contribution in [2.45, 2.75) is 33.8 Å². The number of hydrogen-bond acceptors (Lipinski definition) is 3. The molecule has 3 nitrogen and oxygen atoms in total. The first kappa shape index (κ1) is 16.2. The fourth-order valence-electron chi connectivity index (χ4n) is 2.30. The second kappa shape index (κ2) is 7.74. The van der Waals surface area contributed by atoms with Crippen molar-refractivity contribution in [3.8, 4) is 11.5 Å². The van der Waals surface area contributed by atoms with Crippen LogP contribution in [-0.2, 0) is 0 Å². The number of aryl methyl sites for hydroxylation is 2. The zero-order valence-corrected chi connectivity index (χ0v) is 13.8.